The lowest BCUT2D eigenvalue weighted by Crippen LogP contribution is -2.30. The predicted octanol–water partition coefficient (Wildman–Crippen LogP) is 0.838. The summed E-state index contributed by atoms with van der Waals surface area (Å²) in [7, 11) is 2.08. The molecule has 0 fully saturated rings. The van der Waals surface area contributed by atoms with E-state index < -0.39 is 0 Å². The third kappa shape index (κ3) is 7.34. The highest BCUT2D eigenvalue weighted by Gasteiger charge is 1.91. The van der Waals surface area contributed by atoms with E-state index in [2.05, 4.69) is 34.2 Å². The quantitative estimate of drug-likeness (QED) is 0.267. The molecule has 0 saturated heterocycles. The molecule has 1 N–H and O–H groups in total. The highest BCUT2D eigenvalue weighted by molar-refractivity contribution is 4.54. The summed E-state index contributed by atoms with van der Waals surface area (Å²) < 4.78 is 0. The van der Waals surface area contributed by atoms with Gasteiger partial charge in [-0.2, -0.15) is 0 Å². The third-order valence-corrected chi connectivity index (χ3v) is 1.66. The Labute approximate surface area is 73.4 Å². The van der Waals surface area contributed by atoms with Gasteiger partial charge in [0.05, 0.1) is 0 Å². The first kappa shape index (κ1) is 11.2. The summed E-state index contributed by atoms with van der Waals surface area (Å²) in [6.07, 6.45) is 0. The van der Waals surface area contributed by atoms with E-state index >= 15 is 0 Å². The number of azide groups is 1. The van der Waals surface area contributed by atoms with Gasteiger partial charge in [0.15, 0.2) is 0 Å². The van der Waals surface area contributed by atoms with E-state index in [-0.39, 0.29) is 0 Å². The van der Waals surface area contributed by atoms with Gasteiger partial charge in [-0.25, -0.2) is 0 Å². The first-order valence-electron chi connectivity index (χ1n) is 4.21. The van der Waals surface area contributed by atoms with Gasteiger partial charge in [0.1, 0.15) is 0 Å². The lowest BCUT2D eigenvalue weighted by Gasteiger charge is -2.13. The highest BCUT2D eigenvalue weighted by atomic mass is 15.1. The van der Waals surface area contributed by atoms with Gasteiger partial charge in [-0.05, 0) is 19.1 Å². The normalized spacial score (nSPS) is 9.92. The first-order chi connectivity index (χ1) is 5.81. The van der Waals surface area contributed by atoms with Crippen LogP contribution in [0, 0.1) is 0 Å². The molecule has 70 valence electrons. The summed E-state index contributed by atoms with van der Waals surface area (Å²) in [5.74, 6) is 0. The summed E-state index contributed by atoms with van der Waals surface area (Å²) in [5, 5.41) is 6.59. The Morgan fingerprint density at radius 2 is 2.25 bits per heavy atom. The molecule has 0 unspecified atom stereocenters. The van der Waals surface area contributed by atoms with Crippen LogP contribution in [-0.2, 0) is 0 Å². The average molecular weight is 171 g/mol. The van der Waals surface area contributed by atoms with Crippen molar-refractivity contribution in [2.45, 2.75) is 6.92 Å². The molecule has 0 aromatic heterocycles. The Kier molecular flexibility index (Phi) is 7.79. The van der Waals surface area contributed by atoms with Crippen molar-refractivity contribution in [1.82, 2.24) is 10.2 Å². The lowest BCUT2D eigenvalue weighted by atomic mass is 10.5. The molecule has 0 amide bonds. The van der Waals surface area contributed by atoms with Gasteiger partial charge >= 0.3 is 0 Å². The Balaban J connectivity index is 3.05. The maximum absolute atomic E-state index is 7.97. The third-order valence-electron chi connectivity index (χ3n) is 1.66. The smallest absolute Gasteiger partial charge is 0.0383 e. The van der Waals surface area contributed by atoms with Gasteiger partial charge in [0.25, 0.3) is 0 Å². The Hall–Kier alpha value is -0.770. The lowest BCUT2D eigenvalue weighted by molar-refractivity contribution is 0.350. The molecule has 0 spiro atoms. The molecule has 0 rings (SSSR count). The van der Waals surface area contributed by atoms with Crippen LogP contribution in [0.25, 0.3) is 10.4 Å². The summed E-state index contributed by atoms with van der Waals surface area (Å²) in [6, 6.07) is 0. The van der Waals surface area contributed by atoms with Crippen molar-refractivity contribution < 1.29 is 0 Å². The maximum Gasteiger partial charge on any atom is 0.0383 e. The van der Waals surface area contributed by atoms with E-state index in [0.717, 1.165) is 26.2 Å². The van der Waals surface area contributed by atoms with Crippen LogP contribution in [0.1, 0.15) is 6.92 Å². The van der Waals surface area contributed by atoms with Crippen LogP contribution < -0.4 is 5.32 Å². The maximum atomic E-state index is 7.97. The summed E-state index contributed by atoms with van der Waals surface area (Å²) in [4.78, 5) is 4.88. The van der Waals surface area contributed by atoms with Crippen LogP contribution in [0.2, 0.25) is 0 Å². The van der Waals surface area contributed by atoms with Gasteiger partial charge in [-0.15, -0.1) is 0 Å². The van der Waals surface area contributed by atoms with Gasteiger partial charge < -0.3 is 10.2 Å². The van der Waals surface area contributed by atoms with Crippen LogP contribution in [0.4, 0.5) is 0 Å². The van der Waals surface area contributed by atoms with Crippen molar-refractivity contribution in [2.75, 3.05) is 39.8 Å². The van der Waals surface area contributed by atoms with Gasteiger partial charge in [-0.1, -0.05) is 12.0 Å². The molecule has 0 radical (unpaired) electrons. The largest absolute Gasteiger partial charge is 0.315 e. The zero-order valence-corrected chi connectivity index (χ0v) is 7.82. The van der Waals surface area contributed by atoms with E-state index in [1.165, 1.54) is 0 Å². The number of nitrogens with one attached hydrogen (secondary N) is 1. The molecule has 0 aromatic carbocycles. The number of likely N-dealkylation sites (N-methyl/N-ethyl adjacent to an activating group) is 1. The Bertz CT molecular complexity index is 141. The molecule has 0 saturated carbocycles. The molecule has 12 heavy (non-hydrogen) atoms. The number of nitrogens with zero attached hydrogens (tertiary/aromatic N) is 4. The zero-order valence-electron chi connectivity index (χ0n) is 7.82. The Morgan fingerprint density at radius 1 is 1.50 bits per heavy atom. The van der Waals surface area contributed by atoms with Crippen LogP contribution in [0.5, 0.6) is 0 Å². The Morgan fingerprint density at radius 3 is 2.83 bits per heavy atom. The van der Waals surface area contributed by atoms with Crippen LogP contribution in [-0.4, -0.2) is 44.7 Å². The summed E-state index contributed by atoms with van der Waals surface area (Å²) >= 11 is 0. The van der Waals surface area contributed by atoms with Crippen molar-refractivity contribution in [3.63, 3.8) is 0 Å². The topological polar surface area (TPSA) is 64.0 Å². The minimum atomic E-state index is 0.534. The van der Waals surface area contributed by atoms with E-state index in [1.54, 1.807) is 0 Å². The second kappa shape index (κ2) is 8.33. The van der Waals surface area contributed by atoms with Crippen LogP contribution in [0.3, 0.4) is 0 Å². The van der Waals surface area contributed by atoms with Crippen molar-refractivity contribution in [1.29, 1.82) is 0 Å². The number of hydrogen-bond donors (Lipinski definition) is 1. The van der Waals surface area contributed by atoms with E-state index in [1.807, 2.05) is 0 Å². The molecule has 0 heterocycles. The van der Waals surface area contributed by atoms with E-state index in [0.29, 0.717) is 6.54 Å². The van der Waals surface area contributed by atoms with E-state index in [9.17, 15) is 0 Å². The molecule has 5 heteroatoms. The zero-order chi connectivity index (χ0) is 9.23. The molecule has 0 atom stereocenters. The second-order valence-electron chi connectivity index (χ2n) is 2.60. The van der Waals surface area contributed by atoms with Crippen molar-refractivity contribution >= 4 is 0 Å². The molecular weight excluding hydrogens is 154 g/mol. The monoisotopic (exact) mass is 171 g/mol. The minimum Gasteiger partial charge on any atom is -0.315 e. The van der Waals surface area contributed by atoms with Crippen LogP contribution >= 0.6 is 0 Å². The molecule has 0 aromatic rings. The molecule has 5 nitrogen and oxygen atoms in total. The highest BCUT2D eigenvalue weighted by Crippen LogP contribution is 1.77. The minimum absolute atomic E-state index is 0.534. The fourth-order valence-electron chi connectivity index (χ4n) is 0.727. The predicted molar refractivity (Wildman–Crippen MR) is 50.1 cm³/mol. The first-order valence-corrected chi connectivity index (χ1v) is 4.21. The molecular formula is C7H17N5. The van der Waals surface area contributed by atoms with Crippen LogP contribution in [0.15, 0.2) is 5.11 Å². The van der Waals surface area contributed by atoms with Gasteiger partial charge in [-0.3, -0.25) is 0 Å². The van der Waals surface area contributed by atoms with Gasteiger partial charge in [0, 0.05) is 31.1 Å². The van der Waals surface area contributed by atoms with Crippen molar-refractivity contribution in [3.05, 3.63) is 10.4 Å². The average Bonchev–Trinajstić information content (AvgIpc) is 2.10. The number of hydrogen-bond acceptors (Lipinski definition) is 3. The summed E-state index contributed by atoms with van der Waals surface area (Å²) in [5.41, 5.74) is 7.97. The standard InChI is InChI=1S/C7H17N5/c1-3-12(2)7-6-9-4-5-10-11-8/h9H,3-7H2,1-2H3. The molecule has 0 aliphatic heterocycles. The fourth-order valence-corrected chi connectivity index (χ4v) is 0.727. The molecule has 0 aliphatic rings. The molecule has 0 bridgehead atoms. The van der Waals surface area contributed by atoms with Gasteiger partial charge in [0.2, 0.25) is 0 Å². The summed E-state index contributed by atoms with van der Waals surface area (Å²) in [6.45, 7) is 6.48. The van der Waals surface area contributed by atoms with Crippen molar-refractivity contribution in [2.24, 2.45) is 5.11 Å². The number of rotatable bonds is 7. The fraction of sp³-hybridized carbons (Fsp3) is 1.00. The van der Waals surface area contributed by atoms with E-state index in [4.69, 9.17) is 5.53 Å². The second-order valence-corrected chi connectivity index (χ2v) is 2.60. The SMILES string of the molecule is CCN(C)CCNCCN=[N+]=[N-]. The molecule has 0 aliphatic carbocycles. The van der Waals surface area contributed by atoms with Crippen molar-refractivity contribution in [3.8, 4) is 0 Å².